The molecule has 1 saturated carbocycles. The van der Waals surface area contributed by atoms with Crippen molar-refractivity contribution in [3.05, 3.63) is 0 Å². The Morgan fingerprint density at radius 1 is 1.11 bits per heavy atom. The van der Waals surface area contributed by atoms with Crippen molar-refractivity contribution in [1.82, 2.24) is 5.32 Å². The molecule has 2 aliphatic heterocycles. The van der Waals surface area contributed by atoms with E-state index in [9.17, 15) is 0 Å². The van der Waals surface area contributed by atoms with Crippen LogP contribution in [0.3, 0.4) is 0 Å². The summed E-state index contributed by atoms with van der Waals surface area (Å²) in [6.07, 6.45) is 8.40. The molecule has 0 bridgehead atoms. The lowest BCUT2D eigenvalue weighted by molar-refractivity contribution is -0.180. The molecule has 2 atom stereocenters. The van der Waals surface area contributed by atoms with Crippen LogP contribution < -0.4 is 5.32 Å². The predicted octanol–water partition coefficient (Wildman–Crippen LogP) is 2.22. The van der Waals surface area contributed by atoms with Gasteiger partial charge in [0.1, 0.15) is 0 Å². The van der Waals surface area contributed by atoms with E-state index >= 15 is 0 Å². The summed E-state index contributed by atoms with van der Waals surface area (Å²) >= 11 is 0. The summed E-state index contributed by atoms with van der Waals surface area (Å²) in [5.41, 5.74) is 0. The summed E-state index contributed by atoms with van der Waals surface area (Å²) in [6, 6.07) is 1.12. The highest BCUT2D eigenvalue weighted by Gasteiger charge is 2.40. The molecule has 2 heterocycles. The van der Waals surface area contributed by atoms with Crippen molar-refractivity contribution in [2.45, 2.75) is 75.8 Å². The predicted molar refractivity (Wildman–Crippen MR) is 73.1 cm³/mol. The third kappa shape index (κ3) is 3.13. The summed E-state index contributed by atoms with van der Waals surface area (Å²) in [6.45, 7) is 4.74. The minimum absolute atomic E-state index is 0.232. The van der Waals surface area contributed by atoms with Gasteiger partial charge in [-0.05, 0) is 32.1 Å². The summed E-state index contributed by atoms with van der Waals surface area (Å²) in [5, 5.41) is 3.82. The van der Waals surface area contributed by atoms with Gasteiger partial charge in [-0.1, -0.05) is 6.92 Å². The van der Waals surface area contributed by atoms with Gasteiger partial charge >= 0.3 is 0 Å². The number of nitrogens with one attached hydrogen (secondary N) is 1. The number of rotatable bonds is 4. The zero-order chi connectivity index (χ0) is 13.1. The Kier molecular flexibility index (Phi) is 4.42. The largest absolute Gasteiger partial charge is 0.377 e. The maximum atomic E-state index is 5.83. The van der Waals surface area contributed by atoms with E-state index in [1.807, 2.05) is 0 Å². The standard InChI is InChI=1S/C15H27NO3/c1-2-13(14-4-3-9-17-14)16-12-5-7-15(8-6-12)18-10-11-19-15/h12-14,16H,2-11H2,1H3/t13-,14+/m1/s1. The van der Waals surface area contributed by atoms with Gasteiger partial charge in [0, 0.05) is 31.5 Å². The Bertz CT molecular complexity index is 275. The molecule has 3 rings (SSSR count). The van der Waals surface area contributed by atoms with Gasteiger partial charge in [-0.3, -0.25) is 0 Å². The molecule has 3 fully saturated rings. The summed E-state index contributed by atoms with van der Waals surface area (Å²) < 4.78 is 17.4. The van der Waals surface area contributed by atoms with Crippen LogP contribution in [0.5, 0.6) is 0 Å². The second-order valence-corrected chi connectivity index (χ2v) is 6.11. The fourth-order valence-corrected chi connectivity index (χ4v) is 3.72. The fraction of sp³-hybridized carbons (Fsp3) is 1.00. The van der Waals surface area contributed by atoms with Gasteiger partial charge in [0.2, 0.25) is 0 Å². The van der Waals surface area contributed by atoms with Crippen LogP contribution in [-0.4, -0.2) is 43.8 Å². The molecular weight excluding hydrogens is 242 g/mol. The van der Waals surface area contributed by atoms with Crippen LogP contribution in [0.25, 0.3) is 0 Å². The van der Waals surface area contributed by atoms with Crippen LogP contribution in [0, 0.1) is 0 Å². The number of hydrogen-bond donors (Lipinski definition) is 1. The van der Waals surface area contributed by atoms with Gasteiger partial charge in [0.25, 0.3) is 0 Å². The van der Waals surface area contributed by atoms with Gasteiger partial charge in [0.05, 0.1) is 19.3 Å². The first-order chi connectivity index (χ1) is 9.31. The van der Waals surface area contributed by atoms with E-state index in [-0.39, 0.29) is 5.79 Å². The first kappa shape index (κ1) is 13.8. The maximum Gasteiger partial charge on any atom is 0.168 e. The molecule has 3 aliphatic rings. The highest BCUT2D eigenvalue weighted by Crippen LogP contribution is 2.36. The van der Waals surface area contributed by atoms with Crippen LogP contribution in [0.15, 0.2) is 0 Å². The zero-order valence-electron chi connectivity index (χ0n) is 12.0. The maximum absolute atomic E-state index is 5.83. The van der Waals surface area contributed by atoms with Gasteiger partial charge in [-0.15, -0.1) is 0 Å². The Balaban J connectivity index is 1.47. The highest BCUT2D eigenvalue weighted by molar-refractivity contribution is 4.89. The molecule has 0 aromatic carbocycles. The van der Waals surface area contributed by atoms with E-state index in [1.165, 1.54) is 12.8 Å². The molecule has 1 aliphatic carbocycles. The van der Waals surface area contributed by atoms with E-state index in [2.05, 4.69) is 12.2 Å². The van der Waals surface area contributed by atoms with E-state index in [4.69, 9.17) is 14.2 Å². The highest BCUT2D eigenvalue weighted by atomic mass is 16.7. The van der Waals surface area contributed by atoms with Gasteiger partial charge in [-0.2, -0.15) is 0 Å². The van der Waals surface area contributed by atoms with Crippen LogP contribution in [0.4, 0.5) is 0 Å². The molecule has 19 heavy (non-hydrogen) atoms. The lowest BCUT2D eigenvalue weighted by Gasteiger charge is -2.38. The second-order valence-electron chi connectivity index (χ2n) is 6.11. The molecular formula is C15H27NO3. The Morgan fingerprint density at radius 2 is 1.84 bits per heavy atom. The molecule has 0 amide bonds. The SMILES string of the molecule is CC[C@@H](NC1CCC2(CC1)OCCO2)[C@@H]1CCCO1. The van der Waals surface area contributed by atoms with Crippen LogP contribution in [0.1, 0.15) is 51.9 Å². The van der Waals surface area contributed by atoms with Crippen LogP contribution in [-0.2, 0) is 14.2 Å². The lowest BCUT2D eigenvalue weighted by Crippen LogP contribution is -2.49. The molecule has 0 aromatic heterocycles. The van der Waals surface area contributed by atoms with Gasteiger partial charge < -0.3 is 19.5 Å². The van der Waals surface area contributed by atoms with Crippen molar-refractivity contribution in [3.8, 4) is 0 Å². The molecule has 4 heteroatoms. The molecule has 110 valence electrons. The van der Waals surface area contributed by atoms with E-state index in [1.54, 1.807) is 0 Å². The molecule has 0 unspecified atom stereocenters. The average Bonchev–Trinajstić information content (AvgIpc) is 3.10. The minimum Gasteiger partial charge on any atom is -0.377 e. The molecule has 1 N–H and O–H groups in total. The van der Waals surface area contributed by atoms with Crippen LogP contribution >= 0.6 is 0 Å². The summed E-state index contributed by atoms with van der Waals surface area (Å²) in [4.78, 5) is 0. The van der Waals surface area contributed by atoms with Gasteiger partial charge in [0.15, 0.2) is 5.79 Å². The summed E-state index contributed by atoms with van der Waals surface area (Å²) in [7, 11) is 0. The van der Waals surface area contributed by atoms with Crippen molar-refractivity contribution < 1.29 is 14.2 Å². The molecule has 0 aromatic rings. The average molecular weight is 269 g/mol. The van der Waals surface area contributed by atoms with Crippen molar-refractivity contribution in [3.63, 3.8) is 0 Å². The zero-order valence-corrected chi connectivity index (χ0v) is 12.0. The molecule has 0 radical (unpaired) electrons. The number of hydrogen-bond acceptors (Lipinski definition) is 4. The van der Waals surface area contributed by atoms with Crippen LogP contribution in [0.2, 0.25) is 0 Å². The lowest BCUT2D eigenvalue weighted by atomic mass is 9.89. The Morgan fingerprint density at radius 3 is 2.42 bits per heavy atom. The Labute approximate surface area is 116 Å². The quantitative estimate of drug-likeness (QED) is 0.849. The fourth-order valence-electron chi connectivity index (χ4n) is 3.72. The molecule has 1 spiro atoms. The monoisotopic (exact) mass is 269 g/mol. The van der Waals surface area contributed by atoms with Gasteiger partial charge in [-0.25, -0.2) is 0 Å². The Hall–Kier alpha value is -0.160. The molecule has 4 nitrogen and oxygen atoms in total. The minimum atomic E-state index is -0.232. The molecule has 2 saturated heterocycles. The van der Waals surface area contributed by atoms with Crippen molar-refractivity contribution in [2.24, 2.45) is 0 Å². The van der Waals surface area contributed by atoms with E-state index in [0.717, 1.165) is 51.9 Å². The van der Waals surface area contributed by atoms with E-state index < -0.39 is 0 Å². The smallest absolute Gasteiger partial charge is 0.168 e. The van der Waals surface area contributed by atoms with Crippen molar-refractivity contribution in [1.29, 1.82) is 0 Å². The van der Waals surface area contributed by atoms with E-state index in [0.29, 0.717) is 18.2 Å². The number of ether oxygens (including phenoxy) is 3. The van der Waals surface area contributed by atoms with Crippen molar-refractivity contribution in [2.75, 3.05) is 19.8 Å². The van der Waals surface area contributed by atoms with Crippen molar-refractivity contribution >= 4 is 0 Å². The first-order valence-electron chi connectivity index (χ1n) is 7.97. The third-order valence-corrected chi connectivity index (χ3v) is 4.86. The second kappa shape index (κ2) is 6.08. The topological polar surface area (TPSA) is 39.7 Å². The summed E-state index contributed by atoms with van der Waals surface area (Å²) in [5.74, 6) is -0.232. The normalized spacial score (nSPS) is 33.0. The first-order valence-corrected chi connectivity index (χ1v) is 7.97. The third-order valence-electron chi connectivity index (χ3n) is 4.86.